The van der Waals surface area contributed by atoms with Crippen molar-refractivity contribution in [2.75, 3.05) is 6.54 Å². The van der Waals surface area contributed by atoms with Gasteiger partial charge in [0.25, 0.3) is 0 Å². The minimum Gasteiger partial charge on any atom is -0.355 e. The average Bonchev–Trinajstić information content (AvgIpc) is 2.97. The van der Waals surface area contributed by atoms with E-state index in [1.807, 2.05) is 19.1 Å². The third kappa shape index (κ3) is 4.41. The second-order valence-electron chi connectivity index (χ2n) is 6.47. The maximum absolute atomic E-state index is 12.3. The quantitative estimate of drug-likeness (QED) is 0.605. The molecular formula is C19H25N3OS. The molecule has 1 amide bonds. The molecule has 2 aromatic rings. The minimum absolute atomic E-state index is 0.0769. The highest BCUT2D eigenvalue weighted by Crippen LogP contribution is 2.24. The van der Waals surface area contributed by atoms with Gasteiger partial charge in [-0.15, -0.1) is 0 Å². The number of fused-ring (bicyclic) bond motifs is 1. The van der Waals surface area contributed by atoms with Crippen LogP contribution in [0.5, 0.6) is 0 Å². The van der Waals surface area contributed by atoms with E-state index in [-0.39, 0.29) is 11.2 Å². The van der Waals surface area contributed by atoms with E-state index in [1.165, 1.54) is 48.6 Å². The molecule has 1 aliphatic carbocycles. The number of aryl methyl sites for hydroxylation is 1. The molecule has 1 heterocycles. The Balaban J connectivity index is 1.50. The molecule has 0 spiro atoms. The number of amides is 1. The van der Waals surface area contributed by atoms with Crippen LogP contribution in [0.1, 0.15) is 44.6 Å². The lowest BCUT2D eigenvalue weighted by molar-refractivity contribution is -0.120. The molecule has 0 aliphatic heterocycles. The first kappa shape index (κ1) is 17.1. The lowest BCUT2D eigenvalue weighted by atomic mass is 9.97. The van der Waals surface area contributed by atoms with Crippen LogP contribution in [0.25, 0.3) is 11.0 Å². The molecular weight excluding hydrogens is 318 g/mol. The number of aromatic amines is 1. The molecule has 24 heavy (non-hydrogen) atoms. The molecule has 1 unspecified atom stereocenters. The van der Waals surface area contributed by atoms with Crippen LogP contribution in [0.3, 0.4) is 0 Å². The largest absolute Gasteiger partial charge is 0.355 e. The first-order chi connectivity index (χ1) is 11.6. The summed E-state index contributed by atoms with van der Waals surface area (Å²) in [6.45, 7) is 4.72. The summed E-state index contributed by atoms with van der Waals surface area (Å²) in [5.74, 6) is 0.0769. The molecule has 0 bridgehead atoms. The number of aromatic nitrogens is 2. The number of benzene rings is 1. The summed E-state index contributed by atoms with van der Waals surface area (Å²) in [5, 5.41) is 3.69. The van der Waals surface area contributed by atoms with E-state index in [2.05, 4.69) is 34.4 Å². The number of thioether (sulfide) groups is 1. The average molecular weight is 343 g/mol. The SMILES string of the molecule is Cc1ccc2nc(SC(C)C(=O)NCCC3=CCCCC3)[nH]c2c1. The lowest BCUT2D eigenvalue weighted by Gasteiger charge is -2.14. The van der Waals surface area contributed by atoms with Crippen LogP contribution < -0.4 is 5.32 Å². The Morgan fingerprint density at radius 3 is 3.08 bits per heavy atom. The standard InChI is InChI=1S/C19H25N3OS/c1-13-8-9-16-17(12-13)22-19(21-16)24-14(2)18(23)20-11-10-15-6-4-3-5-7-15/h6,8-9,12,14H,3-5,7,10-11H2,1-2H3,(H,20,23)(H,21,22). The highest BCUT2D eigenvalue weighted by atomic mass is 32.2. The molecule has 0 saturated heterocycles. The summed E-state index contributed by atoms with van der Waals surface area (Å²) in [7, 11) is 0. The second kappa shape index (κ2) is 7.88. The van der Waals surface area contributed by atoms with Crippen molar-refractivity contribution in [2.45, 2.75) is 56.4 Å². The zero-order valence-corrected chi connectivity index (χ0v) is 15.2. The van der Waals surface area contributed by atoms with Crippen LogP contribution in [0.4, 0.5) is 0 Å². The molecule has 0 saturated carbocycles. The number of imidazole rings is 1. The van der Waals surface area contributed by atoms with Crippen LogP contribution >= 0.6 is 11.8 Å². The van der Waals surface area contributed by atoms with Crippen molar-refractivity contribution in [3.63, 3.8) is 0 Å². The van der Waals surface area contributed by atoms with Crippen LogP contribution in [0.2, 0.25) is 0 Å². The van der Waals surface area contributed by atoms with Crippen molar-refractivity contribution < 1.29 is 4.79 Å². The topological polar surface area (TPSA) is 57.8 Å². The van der Waals surface area contributed by atoms with Crippen molar-refractivity contribution >= 4 is 28.7 Å². The maximum Gasteiger partial charge on any atom is 0.233 e. The van der Waals surface area contributed by atoms with E-state index in [0.29, 0.717) is 0 Å². The smallest absolute Gasteiger partial charge is 0.233 e. The van der Waals surface area contributed by atoms with Gasteiger partial charge in [-0.2, -0.15) is 0 Å². The molecule has 2 N–H and O–H groups in total. The third-order valence-electron chi connectivity index (χ3n) is 4.40. The lowest BCUT2D eigenvalue weighted by Crippen LogP contribution is -2.31. The molecule has 1 aromatic heterocycles. The number of allylic oxidation sites excluding steroid dienone is 1. The fourth-order valence-corrected chi connectivity index (χ4v) is 3.84. The van der Waals surface area contributed by atoms with Crippen molar-refractivity contribution in [3.8, 4) is 0 Å². The van der Waals surface area contributed by atoms with Gasteiger partial charge in [-0.1, -0.05) is 29.5 Å². The van der Waals surface area contributed by atoms with E-state index in [9.17, 15) is 4.79 Å². The van der Waals surface area contributed by atoms with Crippen LogP contribution in [0.15, 0.2) is 35.0 Å². The fourth-order valence-electron chi connectivity index (χ4n) is 3.00. The number of nitrogens with one attached hydrogen (secondary N) is 2. The number of nitrogens with zero attached hydrogens (tertiary/aromatic N) is 1. The zero-order chi connectivity index (χ0) is 16.9. The van der Waals surface area contributed by atoms with Gasteiger partial charge in [0, 0.05) is 6.54 Å². The van der Waals surface area contributed by atoms with Gasteiger partial charge in [-0.05, 0) is 63.6 Å². The molecule has 5 heteroatoms. The van der Waals surface area contributed by atoms with E-state index in [1.54, 1.807) is 0 Å². The van der Waals surface area contributed by atoms with Crippen LogP contribution in [0, 0.1) is 6.92 Å². The van der Waals surface area contributed by atoms with Crippen LogP contribution in [-0.2, 0) is 4.79 Å². The number of rotatable bonds is 6. The van der Waals surface area contributed by atoms with Gasteiger partial charge in [0.15, 0.2) is 5.16 Å². The van der Waals surface area contributed by atoms with Gasteiger partial charge in [0.2, 0.25) is 5.91 Å². The third-order valence-corrected chi connectivity index (χ3v) is 5.39. The number of carbonyl (C=O) groups is 1. The van der Waals surface area contributed by atoms with Gasteiger partial charge < -0.3 is 10.3 Å². The van der Waals surface area contributed by atoms with Crippen LogP contribution in [-0.4, -0.2) is 27.7 Å². The van der Waals surface area contributed by atoms with E-state index in [0.717, 1.165) is 29.2 Å². The number of hydrogen-bond acceptors (Lipinski definition) is 3. The minimum atomic E-state index is -0.160. The molecule has 1 aliphatic rings. The Morgan fingerprint density at radius 1 is 1.42 bits per heavy atom. The Labute approximate surface area is 147 Å². The molecule has 0 fully saturated rings. The van der Waals surface area contributed by atoms with Gasteiger partial charge in [-0.25, -0.2) is 4.98 Å². The fraction of sp³-hybridized carbons (Fsp3) is 0.474. The predicted octanol–water partition coefficient (Wildman–Crippen LogP) is 4.36. The van der Waals surface area contributed by atoms with Crippen molar-refractivity contribution in [2.24, 2.45) is 0 Å². The van der Waals surface area contributed by atoms with Gasteiger partial charge in [0.1, 0.15) is 0 Å². The van der Waals surface area contributed by atoms with E-state index < -0.39 is 0 Å². The first-order valence-electron chi connectivity index (χ1n) is 8.70. The summed E-state index contributed by atoms with van der Waals surface area (Å²) < 4.78 is 0. The molecule has 128 valence electrons. The zero-order valence-electron chi connectivity index (χ0n) is 14.4. The molecule has 4 nitrogen and oxygen atoms in total. The summed E-state index contributed by atoms with van der Waals surface area (Å²) in [6.07, 6.45) is 8.30. The molecule has 3 rings (SSSR count). The Hall–Kier alpha value is -1.75. The van der Waals surface area contributed by atoms with Gasteiger partial charge in [0.05, 0.1) is 16.3 Å². The number of H-pyrrole nitrogens is 1. The summed E-state index contributed by atoms with van der Waals surface area (Å²) in [5.41, 5.74) is 4.66. The summed E-state index contributed by atoms with van der Waals surface area (Å²) >= 11 is 1.48. The first-order valence-corrected chi connectivity index (χ1v) is 9.58. The van der Waals surface area contributed by atoms with Gasteiger partial charge in [-0.3, -0.25) is 4.79 Å². The normalized spacial score (nSPS) is 16.0. The monoisotopic (exact) mass is 343 g/mol. The predicted molar refractivity (Wildman–Crippen MR) is 100 cm³/mol. The highest BCUT2D eigenvalue weighted by molar-refractivity contribution is 8.00. The van der Waals surface area contributed by atoms with Crippen molar-refractivity contribution in [3.05, 3.63) is 35.4 Å². The highest BCUT2D eigenvalue weighted by Gasteiger charge is 2.16. The Morgan fingerprint density at radius 2 is 2.29 bits per heavy atom. The maximum atomic E-state index is 12.3. The van der Waals surface area contributed by atoms with E-state index in [4.69, 9.17) is 0 Å². The molecule has 0 radical (unpaired) electrons. The summed E-state index contributed by atoms with van der Waals surface area (Å²) in [4.78, 5) is 20.1. The number of carbonyl (C=O) groups excluding carboxylic acids is 1. The summed E-state index contributed by atoms with van der Waals surface area (Å²) in [6, 6.07) is 6.14. The Kier molecular flexibility index (Phi) is 5.61. The van der Waals surface area contributed by atoms with Crippen molar-refractivity contribution in [1.29, 1.82) is 0 Å². The van der Waals surface area contributed by atoms with E-state index >= 15 is 0 Å². The van der Waals surface area contributed by atoms with Gasteiger partial charge >= 0.3 is 0 Å². The second-order valence-corrected chi connectivity index (χ2v) is 7.80. The number of hydrogen-bond donors (Lipinski definition) is 2. The van der Waals surface area contributed by atoms with Crippen molar-refractivity contribution in [1.82, 2.24) is 15.3 Å². The molecule has 1 aromatic carbocycles. The Bertz CT molecular complexity index is 750. The molecule has 1 atom stereocenters.